The number of rotatable bonds is 7. The van der Waals surface area contributed by atoms with Gasteiger partial charge in [-0.3, -0.25) is 4.79 Å². The van der Waals surface area contributed by atoms with Crippen LogP contribution in [0.2, 0.25) is 0 Å². The molecule has 21 heavy (non-hydrogen) atoms. The molecular weight excluding hydrogens is 324 g/mol. The van der Waals surface area contributed by atoms with Crippen LogP contribution in [0.4, 0.5) is 19.5 Å². The molecule has 120 valence electrons. The summed E-state index contributed by atoms with van der Waals surface area (Å²) in [5, 5.41) is 4.81. The molecule has 0 bridgehead atoms. The van der Waals surface area contributed by atoms with E-state index in [9.17, 15) is 22.0 Å². The molecule has 0 radical (unpaired) electrons. The van der Waals surface area contributed by atoms with E-state index in [2.05, 4.69) is 10.6 Å². The molecule has 1 heterocycles. The molecule has 1 amide bonds. The van der Waals surface area contributed by atoms with E-state index in [1.807, 2.05) is 0 Å². The van der Waals surface area contributed by atoms with Gasteiger partial charge in [0.2, 0.25) is 0 Å². The van der Waals surface area contributed by atoms with Gasteiger partial charge in [0.05, 0.1) is 18.0 Å². The molecule has 4 N–H and O–H groups in total. The zero-order valence-electron chi connectivity index (χ0n) is 11.6. The zero-order chi connectivity index (χ0) is 16.2. The van der Waals surface area contributed by atoms with Crippen LogP contribution in [0, 0.1) is 0 Å². The molecule has 0 spiro atoms. The van der Waals surface area contributed by atoms with Gasteiger partial charge in [0.15, 0.2) is 9.84 Å². The highest BCUT2D eigenvalue weighted by atomic mass is 32.2. The Morgan fingerprint density at radius 3 is 2.48 bits per heavy atom. The number of hydrogen-bond acceptors (Lipinski definition) is 6. The predicted octanol–water partition coefficient (Wildman–Crippen LogP) is 1.55. The minimum absolute atomic E-state index is 0.000594. The number of anilines is 2. The normalized spacial score (nSPS) is 11.7. The number of nitrogen functional groups attached to an aromatic ring is 1. The standard InChI is InChI=1S/C11H17F2N3O3S2/c1-3-15-10(17)8-7(14)9(21(18,19)4-2)11(20-8)16-5-6(12)13/h6,16H,3-5,14H2,1-2H3,(H,15,17). The Labute approximate surface area is 125 Å². The Bertz CT molecular complexity index is 614. The summed E-state index contributed by atoms with van der Waals surface area (Å²) in [6.45, 7) is 2.73. The van der Waals surface area contributed by atoms with Gasteiger partial charge in [-0.2, -0.15) is 0 Å². The second kappa shape index (κ2) is 7.03. The van der Waals surface area contributed by atoms with Gasteiger partial charge in [0, 0.05) is 6.54 Å². The van der Waals surface area contributed by atoms with E-state index in [0.29, 0.717) is 6.54 Å². The summed E-state index contributed by atoms with van der Waals surface area (Å²) in [6, 6.07) is 0. The van der Waals surface area contributed by atoms with Crippen LogP contribution in [0.1, 0.15) is 23.5 Å². The molecular formula is C11H17F2N3O3S2. The summed E-state index contributed by atoms with van der Waals surface area (Å²) in [6.07, 6.45) is -2.65. The third-order valence-corrected chi connectivity index (χ3v) is 5.65. The number of sulfone groups is 1. The fraction of sp³-hybridized carbons (Fsp3) is 0.545. The highest BCUT2D eigenvalue weighted by molar-refractivity contribution is 7.91. The van der Waals surface area contributed by atoms with Crippen molar-refractivity contribution in [1.82, 2.24) is 5.32 Å². The van der Waals surface area contributed by atoms with Gasteiger partial charge in [-0.05, 0) is 6.92 Å². The summed E-state index contributed by atoms with van der Waals surface area (Å²) in [4.78, 5) is 11.6. The molecule has 0 atom stereocenters. The van der Waals surface area contributed by atoms with Crippen LogP contribution in [-0.4, -0.2) is 39.6 Å². The van der Waals surface area contributed by atoms with Gasteiger partial charge in [0.1, 0.15) is 14.8 Å². The first-order valence-corrected chi connectivity index (χ1v) is 8.66. The third kappa shape index (κ3) is 4.03. The van der Waals surface area contributed by atoms with E-state index in [1.165, 1.54) is 6.92 Å². The van der Waals surface area contributed by atoms with Crippen molar-refractivity contribution in [2.24, 2.45) is 0 Å². The summed E-state index contributed by atoms with van der Waals surface area (Å²) in [5.74, 6) is -0.774. The predicted molar refractivity (Wildman–Crippen MR) is 79.0 cm³/mol. The van der Waals surface area contributed by atoms with E-state index in [-0.39, 0.29) is 26.2 Å². The van der Waals surface area contributed by atoms with Crippen LogP contribution in [0.25, 0.3) is 0 Å². The smallest absolute Gasteiger partial charge is 0.263 e. The summed E-state index contributed by atoms with van der Waals surface area (Å²) in [7, 11) is -3.74. The summed E-state index contributed by atoms with van der Waals surface area (Å²) in [5.41, 5.74) is 5.54. The third-order valence-electron chi connectivity index (χ3n) is 2.55. The maximum atomic E-state index is 12.3. The van der Waals surface area contributed by atoms with Crippen molar-refractivity contribution in [3.63, 3.8) is 0 Å². The average Bonchev–Trinajstić information content (AvgIpc) is 2.74. The number of hydrogen-bond donors (Lipinski definition) is 3. The van der Waals surface area contributed by atoms with E-state index in [1.54, 1.807) is 6.92 Å². The Hall–Kier alpha value is -1.42. The van der Waals surface area contributed by atoms with Crippen molar-refractivity contribution in [2.45, 2.75) is 25.2 Å². The van der Waals surface area contributed by atoms with E-state index in [0.717, 1.165) is 11.3 Å². The highest BCUT2D eigenvalue weighted by Crippen LogP contribution is 2.39. The van der Waals surface area contributed by atoms with Gasteiger partial charge in [0.25, 0.3) is 12.3 Å². The van der Waals surface area contributed by atoms with E-state index >= 15 is 0 Å². The number of thiophene rings is 1. The van der Waals surface area contributed by atoms with E-state index in [4.69, 9.17) is 5.73 Å². The molecule has 0 unspecified atom stereocenters. The molecule has 6 nitrogen and oxygen atoms in total. The molecule has 10 heteroatoms. The summed E-state index contributed by atoms with van der Waals surface area (Å²) >= 11 is 0.758. The van der Waals surface area contributed by atoms with Crippen LogP contribution in [0.3, 0.4) is 0 Å². The average molecular weight is 341 g/mol. The fourth-order valence-electron chi connectivity index (χ4n) is 1.58. The second-order valence-electron chi connectivity index (χ2n) is 4.04. The number of nitrogens with two attached hydrogens (primary N) is 1. The Kier molecular flexibility index (Phi) is 5.90. The number of carbonyl (C=O) groups is 1. The molecule has 0 fully saturated rings. The maximum Gasteiger partial charge on any atom is 0.263 e. The molecule has 1 aromatic rings. The van der Waals surface area contributed by atoms with Crippen molar-refractivity contribution in [3.05, 3.63) is 4.88 Å². The molecule has 0 saturated heterocycles. The number of alkyl halides is 2. The van der Waals surface area contributed by atoms with Gasteiger partial charge >= 0.3 is 0 Å². The molecule has 0 aliphatic rings. The van der Waals surface area contributed by atoms with Gasteiger partial charge in [-0.15, -0.1) is 11.3 Å². The molecule has 1 aromatic heterocycles. The van der Waals surface area contributed by atoms with Gasteiger partial charge in [-0.25, -0.2) is 17.2 Å². The van der Waals surface area contributed by atoms with Crippen LogP contribution >= 0.6 is 11.3 Å². The molecule has 1 rings (SSSR count). The SMILES string of the molecule is CCNC(=O)c1sc(NCC(F)F)c(S(=O)(=O)CC)c1N. The van der Waals surface area contributed by atoms with Crippen LogP contribution in [0.5, 0.6) is 0 Å². The lowest BCUT2D eigenvalue weighted by atomic mass is 10.3. The maximum absolute atomic E-state index is 12.3. The van der Waals surface area contributed by atoms with Crippen LogP contribution in [-0.2, 0) is 9.84 Å². The van der Waals surface area contributed by atoms with Crippen molar-refractivity contribution in [3.8, 4) is 0 Å². The number of amides is 1. The topological polar surface area (TPSA) is 101 Å². The number of halogens is 2. The Morgan fingerprint density at radius 1 is 1.38 bits per heavy atom. The van der Waals surface area contributed by atoms with Crippen molar-refractivity contribution >= 4 is 37.8 Å². The van der Waals surface area contributed by atoms with Crippen LogP contribution in [0.15, 0.2) is 4.90 Å². The minimum Gasteiger partial charge on any atom is -0.396 e. The molecule has 0 aromatic carbocycles. The first kappa shape index (κ1) is 17.6. The zero-order valence-corrected chi connectivity index (χ0v) is 13.2. The second-order valence-corrected chi connectivity index (χ2v) is 7.27. The molecule has 0 aliphatic carbocycles. The molecule has 0 aliphatic heterocycles. The minimum atomic E-state index is -3.74. The number of nitrogens with one attached hydrogen (secondary N) is 2. The first-order valence-electron chi connectivity index (χ1n) is 6.19. The van der Waals surface area contributed by atoms with Gasteiger partial charge < -0.3 is 16.4 Å². The largest absolute Gasteiger partial charge is 0.396 e. The molecule has 0 saturated carbocycles. The number of carbonyl (C=O) groups excluding carboxylic acids is 1. The Morgan fingerprint density at radius 2 is 2.00 bits per heavy atom. The van der Waals surface area contributed by atoms with Crippen LogP contribution < -0.4 is 16.4 Å². The van der Waals surface area contributed by atoms with Gasteiger partial charge in [-0.1, -0.05) is 6.92 Å². The summed E-state index contributed by atoms with van der Waals surface area (Å²) < 4.78 is 48.7. The lowest BCUT2D eigenvalue weighted by Gasteiger charge is -2.07. The lowest BCUT2D eigenvalue weighted by molar-refractivity contribution is 0.0960. The van der Waals surface area contributed by atoms with E-state index < -0.39 is 28.7 Å². The monoisotopic (exact) mass is 341 g/mol. The van der Waals surface area contributed by atoms with Crippen molar-refractivity contribution in [2.75, 3.05) is 29.9 Å². The highest BCUT2D eigenvalue weighted by Gasteiger charge is 2.28. The quantitative estimate of drug-likeness (QED) is 0.698. The van der Waals surface area contributed by atoms with Crippen molar-refractivity contribution < 1.29 is 22.0 Å². The lowest BCUT2D eigenvalue weighted by Crippen LogP contribution is -2.22. The first-order chi connectivity index (χ1) is 9.74. The van der Waals surface area contributed by atoms with Crippen molar-refractivity contribution in [1.29, 1.82) is 0 Å². The fourth-order valence-corrected chi connectivity index (χ4v) is 4.17. The Balaban J connectivity index is 3.34.